The Kier molecular flexibility index (Phi) is 5.95. The second-order valence-electron chi connectivity index (χ2n) is 7.38. The highest BCUT2D eigenvalue weighted by molar-refractivity contribution is 6.71. The molecule has 0 amide bonds. The van der Waals surface area contributed by atoms with Crippen LogP contribution in [0, 0.1) is 5.92 Å². The lowest BCUT2D eigenvalue weighted by Gasteiger charge is -2.31. The molecule has 5 heteroatoms. The molecule has 0 aliphatic rings. The topological polar surface area (TPSA) is 35.5 Å². The molecule has 0 bridgehead atoms. The van der Waals surface area contributed by atoms with Gasteiger partial charge in [0.2, 0.25) is 8.32 Å². The third-order valence-electron chi connectivity index (χ3n) is 2.84. The number of benzene rings is 1. The van der Waals surface area contributed by atoms with Gasteiger partial charge in [-0.1, -0.05) is 30.3 Å². The Labute approximate surface area is 130 Å². The van der Waals surface area contributed by atoms with Crippen LogP contribution in [0.2, 0.25) is 39.3 Å². The lowest BCUT2D eigenvalue weighted by Crippen LogP contribution is -2.37. The molecule has 0 N–H and O–H groups in total. The van der Waals surface area contributed by atoms with Crippen molar-refractivity contribution in [2.24, 2.45) is 5.92 Å². The van der Waals surface area contributed by atoms with Crippen LogP contribution in [0.4, 0.5) is 0 Å². The molecule has 1 aromatic rings. The van der Waals surface area contributed by atoms with E-state index in [1.165, 1.54) is 0 Å². The second-order valence-corrected chi connectivity index (χ2v) is 16.3. The number of carbonyl (C=O) groups is 1. The lowest BCUT2D eigenvalue weighted by molar-refractivity contribution is -0.142. The summed E-state index contributed by atoms with van der Waals surface area (Å²) in [6, 6.07) is 9.96. The van der Waals surface area contributed by atoms with Crippen molar-refractivity contribution >= 4 is 22.6 Å². The first kappa shape index (κ1) is 18.1. The van der Waals surface area contributed by atoms with Crippen LogP contribution in [0.15, 0.2) is 30.3 Å². The quantitative estimate of drug-likeness (QED) is 0.718. The van der Waals surface area contributed by atoms with E-state index in [-0.39, 0.29) is 18.0 Å². The van der Waals surface area contributed by atoms with Crippen molar-refractivity contribution in [1.29, 1.82) is 0 Å². The third-order valence-corrected chi connectivity index (χ3v) is 4.62. The number of hydrogen-bond donors (Lipinski definition) is 0. The van der Waals surface area contributed by atoms with E-state index in [0.29, 0.717) is 0 Å². The summed E-state index contributed by atoms with van der Waals surface area (Å²) in [5.41, 5.74) is 1.04. The second kappa shape index (κ2) is 6.90. The summed E-state index contributed by atoms with van der Waals surface area (Å²) in [5.74, 6) is -0.452. The molecule has 0 fully saturated rings. The molecule has 0 spiro atoms. The van der Waals surface area contributed by atoms with Crippen LogP contribution in [-0.4, -0.2) is 22.6 Å². The largest absolute Gasteiger partial charge is 0.520 e. The van der Waals surface area contributed by atoms with Gasteiger partial charge in [0.1, 0.15) is 0 Å². The van der Waals surface area contributed by atoms with E-state index in [0.717, 1.165) is 5.56 Å². The van der Waals surface area contributed by atoms with Crippen molar-refractivity contribution < 1.29 is 13.6 Å². The van der Waals surface area contributed by atoms with E-state index >= 15 is 0 Å². The summed E-state index contributed by atoms with van der Waals surface area (Å²) in [5, 5.41) is 0. The molecular formula is C16H28O3Si2. The van der Waals surface area contributed by atoms with Crippen LogP contribution in [0.5, 0.6) is 0 Å². The Morgan fingerprint density at radius 2 is 1.48 bits per heavy atom. The minimum absolute atomic E-state index is 0.152. The Morgan fingerprint density at radius 3 is 1.90 bits per heavy atom. The van der Waals surface area contributed by atoms with Crippen LogP contribution in [0.1, 0.15) is 18.6 Å². The molecule has 3 nitrogen and oxygen atoms in total. The minimum Gasteiger partial charge on any atom is -0.520 e. The van der Waals surface area contributed by atoms with Gasteiger partial charge >= 0.3 is 0 Å². The maximum Gasteiger partial charge on any atom is 0.298 e. The average Bonchev–Trinajstić information content (AvgIpc) is 2.33. The van der Waals surface area contributed by atoms with E-state index in [4.69, 9.17) is 8.85 Å². The molecule has 1 rings (SSSR count). The summed E-state index contributed by atoms with van der Waals surface area (Å²) in [6.45, 7) is 14.4. The zero-order valence-electron chi connectivity index (χ0n) is 14.3. The zero-order valence-corrected chi connectivity index (χ0v) is 16.3. The molecule has 0 unspecified atom stereocenters. The Bertz CT molecular complexity index is 461. The smallest absolute Gasteiger partial charge is 0.298 e. The molecular weight excluding hydrogens is 296 g/mol. The van der Waals surface area contributed by atoms with Crippen molar-refractivity contribution in [3.63, 3.8) is 0 Å². The van der Waals surface area contributed by atoms with Crippen molar-refractivity contribution in [2.45, 2.75) is 52.3 Å². The van der Waals surface area contributed by atoms with E-state index in [1.54, 1.807) is 0 Å². The minimum atomic E-state index is -1.88. The standard InChI is InChI=1S/C16H28O3Si2/c1-13(16(17)19-21(5,6)7)15(18-20(2,3)4)14-11-9-8-10-12-14/h8-13,15H,1-7H3/t13-,15-/m0/s1. The highest BCUT2D eigenvalue weighted by atomic mass is 28.4. The molecule has 2 atom stereocenters. The number of rotatable bonds is 6. The summed E-state index contributed by atoms with van der Waals surface area (Å²) < 4.78 is 11.9. The molecule has 0 aromatic heterocycles. The number of hydrogen-bond acceptors (Lipinski definition) is 3. The molecule has 0 saturated heterocycles. The normalized spacial score (nSPS) is 15.4. The molecule has 0 aliphatic carbocycles. The summed E-state index contributed by atoms with van der Waals surface area (Å²) in [6.07, 6.45) is -0.235. The summed E-state index contributed by atoms with van der Waals surface area (Å²) in [4.78, 5) is 12.4. The predicted molar refractivity (Wildman–Crippen MR) is 92.2 cm³/mol. The summed E-state index contributed by atoms with van der Waals surface area (Å²) >= 11 is 0. The maximum absolute atomic E-state index is 12.4. The fourth-order valence-electron chi connectivity index (χ4n) is 2.00. The molecule has 21 heavy (non-hydrogen) atoms. The van der Waals surface area contributed by atoms with Gasteiger partial charge in [0.15, 0.2) is 8.32 Å². The van der Waals surface area contributed by atoms with Crippen molar-refractivity contribution in [3.8, 4) is 0 Å². The van der Waals surface area contributed by atoms with Gasteiger partial charge in [0.05, 0.1) is 12.0 Å². The highest BCUT2D eigenvalue weighted by Crippen LogP contribution is 2.31. The van der Waals surface area contributed by atoms with Gasteiger partial charge in [-0.2, -0.15) is 0 Å². The predicted octanol–water partition coefficient (Wildman–Crippen LogP) is 4.59. The van der Waals surface area contributed by atoms with E-state index in [9.17, 15) is 4.79 Å². The van der Waals surface area contributed by atoms with Gasteiger partial charge in [-0.3, -0.25) is 4.79 Å². The molecule has 0 heterocycles. The first-order valence-electron chi connectivity index (χ1n) is 7.45. The first-order chi connectivity index (χ1) is 9.49. The van der Waals surface area contributed by atoms with Gasteiger partial charge in [-0.05, 0) is 51.8 Å². The number of carbonyl (C=O) groups excluding carboxylic acids is 1. The summed E-state index contributed by atoms with van der Waals surface area (Å²) in [7, 11) is -3.65. The van der Waals surface area contributed by atoms with Crippen LogP contribution in [-0.2, 0) is 13.6 Å². The van der Waals surface area contributed by atoms with Crippen LogP contribution < -0.4 is 0 Å². The molecule has 118 valence electrons. The van der Waals surface area contributed by atoms with Crippen LogP contribution in [0.25, 0.3) is 0 Å². The fraction of sp³-hybridized carbons (Fsp3) is 0.562. The van der Waals surface area contributed by atoms with Crippen molar-refractivity contribution in [2.75, 3.05) is 0 Å². The van der Waals surface area contributed by atoms with Crippen LogP contribution in [0.3, 0.4) is 0 Å². The van der Waals surface area contributed by atoms with Crippen molar-refractivity contribution in [1.82, 2.24) is 0 Å². The fourth-order valence-corrected chi connectivity index (χ4v) is 3.89. The van der Waals surface area contributed by atoms with Gasteiger partial charge < -0.3 is 8.85 Å². The SMILES string of the molecule is C[C@H](C(=O)O[Si](C)(C)C)[C@H](O[Si](C)(C)C)c1ccccc1. The van der Waals surface area contributed by atoms with Gasteiger partial charge in [-0.15, -0.1) is 0 Å². The lowest BCUT2D eigenvalue weighted by atomic mass is 9.98. The van der Waals surface area contributed by atoms with Gasteiger partial charge in [0.25, 0.3) is 5.97 Å². The molecule has 0 radical (unpaired) electrons. The van der Waals surface area contributed by atoms with E-state index in [1.807, 2.05) is 56.9 Å². The van der Waals surface area contributed by atoms with Gasteiger partial charge in [0, 0.05) is 0 Å². The monoisotopic (exact) mass is 324 g/mol. The molecule has 0 saturated carbocycles. The molecule has 1 aromatic carbocycles. The van der Waals surface area contributed by atoms with E-state index in [2.05, 4.69) is 19.6 Å². The van der Waals surface area contributed by atoms with Crippen molar-refractivity contribution in [3.05, 3.63) is 35.9 Å². The first-order valence-corrected chi connectivity index (χ1v) is 14.3. The zero-order chi connectivity index (χ0) is 16.3. The Morgan fingerprint density at radius 1 is 0.952 bits per heavy atom. The van der Waals surface area contributed by atoms with Crippen LogP contribution >= 0.6 is 0 Å². The van der Waals surface area contributed by atoms with E-state index < -0.39 is 16.6 Å². The van der Waals surface area contributed by atoms with Gasteiger partial charge in [-0.25, -0.2) is 0 Å². The average molecular weight is 325 g/mol. The molecule has 0 aliphatic heterocycles. The third kappa shape index (κ3) is 6.58. The Hall–Kier alpha value is -0.916. The highest BCUT2D eigenvalue weighted by Gasteiger charge is 2.33. The maximum atomic E-state index is 12.4. The Balaban J connectivity index is 2.99.